The van der Waals surface area contributed by atoms with Gasteiger partial charge in [0.05, 0.1) is 0 Å². The van der Waals surface area contributed by atoms with Gasteiger partial charge in [0.25, 0.3) is 0 Å². The summed E-state index contributed by atoms with van der Waals surface area (Å²) in [4.78, 5) is 8.01. The lowest BCUT2D eigenvalue weighted by molar-refractivity contribution is -0.141. The van der Waals surface area contributed by atoms with E-state index in [-0.39, 0.29) is 5.92 Å². The van der Waals surface area contributed by atoms with E-state index in [0.29, 0.717) is 25.3 Å². The Balaban J connectivity index is 1.60. The fourth-order valence-electron chi connectivity index (χ4n) is 2.52. The summed E-state index contributed by atoms with van der Waals surface area (Å²) in [5.74, 6) is 1.59. The van der Waals surface area contributed by atoms with Gasteiger partial charge in [0.15, 0.2) is 5.69 Å². The number of nitrogens with one attached hydrogen (secondary N) is 1. The summed E-state index contributed by atoms with van der Waals surface area (Å²) in [6.07, 6.45) is -1.08. The zero-order valence-corrected chi connectivity index (χ0v) is 12.8. The Morgan fingerprint density at radius 2 is 2.23 bits per heavy atom. The van der Waals surface area contributed by atoms with E-state index in [1.807, 2.05) is 6.92 Å². The molecule has 0 radical (unpaired) electrons. The molecule has 0 saturated heterocycles. The number of aromatic nitrogens is 4. The highest BCUT2D eigenvalue weighted by molar-refractivity contribution is 7.09. The first kappa shape index (κ1) is 15.3. The normalized spacial score (nSPS) is 18.3. The molecule has 2 aromatic rings. The second-order valence-corrected chi connectivity index (χ2v) is 6.10. The van der Waals surface area contributed by atoms with Crippen LogP contribution in [0.1, 0.15) is 30.7 Å². The van der Waals surface area contributed by atoms with Gasteiger partial charge in [-0.3, -0.25) is 0 Å². The van der Waals surface area contributed by atoms with E-state index in [2.05, 4.69) is 19.7 Å². The molecule has 0 fully saturated rings. The van der Waals surface area contributed by atoms with E-state index in [9.17, 15) is 13.2 Å². The minimum absolute atomic E-state index is 0.261. The van der Waals surface area contributed by atoms with Crippen LogP contribution in [0.4, 0.5) is 18.3 Å². The summed E-state index contributed by atoms with van der Waals surface area (Å²) in [6.45, 7) is 3.22. The van der Waals surface area contributed by atoms with Gasteiger partial charge in [-0.1, -0.05) is 6.92 Å². The second-order valence-electron chi connectivity index (χ2n) is 5.35. The number of rotatable bonds is 4. The van der Waals surface area contributed by atoms with E-state index in [1.54, 1.807) is 4.57 Å². The van der Waals surface area contributed by atoms with E-state index < -0.39 is 11.9 Å². The molecule has 3 heterocycles. The van der Waals surface area contributed by atoms with Crippen LogP contribution in [0.15, 0.2) is 6.20 Å². The molecular formula is C13H16F3N5S. The quantitative estimate of drug-likeness (QED) is 0.936. The molecule has 120 valence electrons. The van der Waals surface area contributed by atoms with Crippen molar-refractivity contribution in [1.29, 1.82) is 0 Å². The fraction of sp³-hybridized carbons (Fsp3) is 0.615. The standard InChI is InChI=1S/C13H16F3N5S/c1-2-10-19-12(22-20-10)17-5-8-3-4-11-18-9(13(14,15)16)7-21(11)6-8/h7-8H,2-6H2,1H3,(H,17,19,20). The number of alkyl halides is 3. The van der Waals surface area contributed by atoms with Crippen LogP contribution in [-0.2, 0) is 25.6 Å². The molecule has 5 nitrogen and oxygen atoms in total. The Kier molecular flexibility index (Phi) is 4.07. The van der Waals surface area contributed by atoms with E-state index in [1.165, 1.54) is 11.5 Å². The van der Waals surface area contributed by atoms with Crippen molar-refractivity contribution in [2.24, 2.45) is 5.92 Å². The zero-order valence-electron chi connectivity index (χ0n) is 12.0. The van der Waals surface area contributed by atoms with Crippen LogP contribution in [0.25, 0.3) is 0 Å². The zero-order chi connectivity index (χ0) is 15.7. The van der Waals surface area contributed by atoms with Crippen molar-refractivity contribution in [1.82, 2.24) is 18.9 Å². The van der Waals surface area contributed by atoms with Gasteiger partial charge in [0.2, 0.25) is 5.13 Å². The molecule has 0 aliphatic carbocycles. The summed E-state index contributed by atoms with van der Waals surface area (Å²) < 4.78 is 43.8. The van der Waals surface area contributed by atoms with Crippen LogP contribution < -0.4 is 5.32 Å². The maximum Gasteiger partial charge on any atom is 0.434 e. The molecule has 2 aromatic heterocycles. The molecule has 1 aliphatic rings. The predicted molar refractivity (Wildman–Crippen MR) is 76.8 cm³/mol. The fourth-order valence-corrected chi connectivity index (χ4v) is 3.17. The van der Waals surface area contributed by atoms with Crippen molar-refractivity contribution in [3.63, 3.8) is 0 Å². The molecule has 1 atom stereocenters. The smallest absolute Gasteiger partial charge is 0.360 e. The summed E-state index contributed by atoms with van der Waals surface area (Å²) in [6, 6.07) is 0. The maximum atomic E-state index is 12.7. The minimum atomic E-state index is -4.37. The minimum Gasteiger partial charge on any atom is -0.360 e. The van der Waals surface area contributed by atoms with Crippen LogP contribution in [0.5, 0.6) is 0 Å². The summed E-state index contributed by atoms with van der Waals surface area (Å²) in [5.41, 5.74) is -0.798. The van der Waals surface area contributed by atoms with E-state index >= 15 is 0 Å². The molecule has 0 amide bonds. The highest BCUT2D eigenvalue weighted by Crippen LogP contribution is 2.30. The Morgan fingerprint density at radius 3 is 2.91 bits per heavy atom. The monoisotopic (exact) mass is 331 g/mol. The lowest BCUT2D eigenvalue weighted by atomic mass is 9.99. The van der Waals surface area contributed by atoms with Crippen LogP contribution in [0.2, 0.25) is 0 Å². The lowest BCUT2D eigenvalue weighted by Crippen LogP contribution is -2.25. The number of anilines is 1. The maximum absolute atomic E-state index is 12.7. The Morgan fingerprint density at radius 1 is 1.41 bits per heavy atom. The number of halogens is 3. The van der Waals surface area contributed by atoms with Gasteiger partial charge in [-0.05, 0) is 12.3 Å². The van der Waals surface area contributed by atoms with Crippen LogP contribution in [-0.4, -0.2) is 25.5 Å². The number of fused-ring (bicyclic) bond motifs is 1. The van der Waals surface area contributed by atoms with Crippen molar-refractivity contribution >= 4 is 16.7 Å². The van der Waals surface area contributed by atoms with Crippen LogP contribution in [0, 0.1) is 5.92 Å². The topological polar surface area (TPSA) is 55.6 Å². The first-order valence-electron chi connectivity index (χ1n) is 7.15. The third kappa shape index (κ3) is 3.23. The highest BCUT2D eigenvalue weighted by Gasteiger charge is 2.35. The average molecular weight is 331 g/mol. The molecule has 22 heavy (non-hydrogen) atoms. The van der Waals surface area contributed by atoms with Gasteiger partial charge in [-0.2, -0.15) is 17.5 Å². The lowest BCUT2D eigenvalue weighted by Gasteiger charge is -2.23. The summed E-state index contributed by atoms with van der Waals surface area (Å²) in [5, 5.41) is 3.99. The van der Waals surface area contributed by atoms with Gasteiger partial charge >= 0.3 is 6.18 Å². The van der Waals surface area contributed by atoms with Crippen molar-refractivity contribution < 1.29 is 13.2 Å². The second kappa shape index (κ2) is 5.86. The van der Waals surface area contributed by atoms with Crippen LogP contribution >= 0.6 is 11.5 Å². The molecule has 0 bridgehead atoms. The molecule has 0 saturated carbocycles. The third-order valence-corrected chi connectivity index (χ3v) is 4.42. The van der Waals surface area contributed by atoms with Gasteiger partial charge < -0.3 is 9.88 Å². The van der Waals surface area contributed by atoms with Gasteiger partial charge in [-0.25, -0.2) is 9.97 Å². The Hall–Kier alpha value is -1.64. The van der Waals surface area contributed by atoms with E-state index in [0.717, 1.165) is 30.0 Å². The van der Waals surface area contributed by atoms with Crippen molar-refractivity contribution in [3.05, 3.63) is 23.5 Å². The third-order valence-electron chi connectivity index (χ3n) is 3.71. The Bertz CT molecular complexity index is 648. The first-order chi connectivity index (χ1) is 10.5. The molecular weight excluding hydrogens is 315 g/mol. The van der Waals surface area contributed by atoms with Crippen molar-refractivity contribution in [2.75, 3.05) is 11.9 Å². The Labute approximate surface area is 129 Å². The number of hydrogen-bond donors (Lipinski definition) is 1. The molecule has 9 heteroatoms. The predicted octanol–water partition coefficient (Wildman–Crippen LogP) is 2.99. The van der Waals surface area contributed by atoms with Gasteiger partial charge in [-0.15, -0.1) is 0 Å². The summed E-state index contributed by atoms with van der Waals surface area (Å²) >= 11 is 1.32. The average Bonchev–Trinajstić information content (AvgIpc) is 3.10. The van der Waals surface area contributed by atoms with Gasteiger partial charge in [0.1, 0.15) is 11.6 Å². The molecule has 1 unspecified atom stereocenters. The molecule has 1 N–H and O–H groups in total. The summed E-state index contributed by atoms with van der Waals surface area (Å²) in [7, 11) is 0. The number of aryl methyl sites for hydroxylation is 2. The number of imidazole rings is 1. The SMILES string of the molecule is CCc1nsc(NCC2CCc3nc(C(F)(F)F)cn3C2)n1. The van der Waals surface area contributed by atoms with Crippen molar-refractivity contribution in [3.8, 4) is 0 Å². The molecule has 1 aliphatic heterocycles. The van der Waals surface area contributed by atoms with Gasteiger partial charge in [0, 0.05) is 43.7 Å². The first-order valence-corrected chi connectivity index (χ1v) is 7.92. The van der Waals surface area contributed by atoms with Crippen molar-refractivity contribution in [2.45, 2.75) is 38.9 Å². The molecule has 0 aromatic carbocycles. The highest BCUT2D eigenvalue weighted by atomic mass is 32.1. The number of hydrogen-bond acceptors (Lipinski definition) is 5. The van der Waals surface area contributed by atoms with E-state index in [4.69, 9.17) is 0 Å². The molecule has 0 spiro atoms. The molecule has 3 rings (SSSR count). The largest absolute Gasteiger partial charge is 0.434 e. The van der Waals surface area contributed by atoms with Crippen LogP contribution in [0.3, 0.4) is 0 Å². The number of nitrogens with zero attached hydrogens (tertiary/aromatic N) is 4.